The van der Waals surface area contributed by atoms with Crippen LogP contribution in [0.15, 0.2) is 36.4 Å². The van der Waals surface area contributed by atoms with Gasteiger partial charge < -0.3 is 25.5 Å². The van der Waals surface area contributed by atoms with E-state index in [1.54, 1.807) is 0 Å². The molecule has 0 unspecified atom stereocenters. The lowest BCUT2D eigenvalue weighted by Gasteiger charge is -1.69. The molecule has 5 N–H and O–H groups in total. The second kappa shape index (κ2) is 94.3. The molecule has 0 spiro atoms. The Morgan fingerprint density at radius 1 is 0.312 bits per heavy atom. The molecule has 100 valence electrons. The van der Waals surface area contributed by atoms with Crippen LogP contribution in [0.5, 0.6) is 0 Å². The maximum Gasteiger partial charge on any atom is 0.0319 e. The lowest BCUT2D eigenvalue weighted by atomic mass is 10.4. The van der Waals surface area contributed by atoms with Crippen LogP contribution in [-0.4, -0.2) is 61.1 Å². The van der Waals surface area contributed by atoms with Crippen molar-refractivity contribution < 1.29 is 25.5 Å². The molecule has 0 fully saturated rings. The number of benzene rings is 1. The summed E-state index contributed by atoms with van der Waals surface area (Å²) in [5, 5.41) is 35.0. The van der Waals surface area contributed by atoms with Crippen LogP contribution >= 0.6 is 0 Å². The molecule has 0 radical (unpaired) electrons. The summed E-state index contributed by atoms with van der Waals surface area (Å²) in [4.78, 5) is 0. The molecule has 0 aromatic heterocycles. The van der Waals surface area contributed by atoms with Crippen molar-refractivity contribution >= 4 is 0 Å². The van der Waals surface area contributed by atoms with E-state index in [-0.39, 0.29) is 0 Å². The molecule has 0 amide bonds. The molecular weight excluding hydrogens is 212 g/mol. The van der Waals surface area contributed by atoms with Crippen molar-refractivity contribution in [3.05, 3.63) is 36.4 Å². The first-order chi connectivity index (χ1) is 8.00. The van der Waals surface area contributed by atoms with Gasteiger partial charge in [-0.05, 0) is 0 Å². The number of aliphatic hydroxyl groups excluding tert-OH is 5. The van der Waals surface area contributed by atoms with Crippen LogP contribution in [0.4, 0.5) is 0 Å². The minimum absolute atomic E-state index is 1.00. The standard InChI is InChI=1S/C6H6.5CH4O/c1-2-4-6-5-3-1;5*1-2/h1-6H;5*2H,1H3. The predicted octanol–water partition coefficient (Wildman–Crippen LogP) is -0.271. The molecule has 0 heterocycles. The Kier molecular flexibility index (Phi) is 173. The van der Waals surface area contributed by atoms with Crippen molar-refractivity contribution in [2.75, 3.05) is 35.5 Å². The minimum atomic E-state index is 1.00. The third kappa shape index (κ3) is 74.6. The van der Waals surface area contributed by atoms with Crippen molar-refractivity contribution in [1.29, 1.82) is 0 Å². The molecule has 5 heteroatoms. The Hall–Kier alpha value is -0.980. The summed E-state index contributed by atoms with van der Waals surface area (Å²) in [5.74, 6) is 0. The highest BCUT2D eigenvalue weighted by Crippen LogP contribution is 1.79. The maximum absolute atomic E-state index is 7.00. The van der Waals surface area contributed by atoms with Gasteiger partial charge in [-0.3, -0.25) is 0 Å². The topological polar surface area (TPSA) is 101 Å². The summed E-state index contributed by atoms with van der Waals surface area (Å²) in [7, 11) is 5.00. The monoisotopic (exact) mass is 238 g/mol. The highest BCUT2D eigenvalue weighted by molar-refractivity contribution is 4.99. The van der Waals surface area contributed by atoms with E-state index in [1.807, 2.05) is 36.4 Å². The Morgan fingerprint density at radius 2 is 0.375 bits per heavy atom. The largest absolute Gasteiger partial charge is 0.400 e. The molecular formula is C11H26O5. The van der Waals surface area contributed by atoms with Gasteiger partial charge >= 0.3 is 0 Å². The molecule has 0 atom stereocenters. The van der Waals surface area contributed by atoms with Crippen molar-refractivity contribution in [1.82, 2.24) is 0 Å². The summed E-state index contributed by atoms with van der Waals surface area (Å²) in [6.07, 6.45) is 0. The average Bonchev–Trinajstić information content (AvgIpc) is 2.51. The molecule has 0 aliphatic carbocycles. The quantitative estimate of drug-likeness (QED) is 0.428. The van der Waals surface area contributed by atoms with Gasteiger partial charge in [0.05, 0.1) is 0 Å². The summed E-state index contributed by atoms with van der Waals surface area (Å²) in [6.45, 7) is 0. The number of rotatable bonds is 0. The van der Waals surface area contributed by atoms with E-state index in [9.17, 15) is 0 Å². The lowest BCUT2D eigenvalue weighted by molar-refractivity contribution is 0.399. The van der Waals surface area contributed by atoms with E-state index in [0.29, 0.717) is 0 Å². The summed E-state index contributed by atoms with van der Waals surface area (Å²) in [5.41, 5.74) is 0. The maximum atomic E-state index is 7.00. The van der Waals surface area contributed by atoms with Gasteiger partial charge in [0.15, 0.2) is 0 Å². The zero-order chi connectivity index (χ0) is 14.2. The van der Waals surface area contributed by atoms with E-state index < -0.39 is 0 Å². The zero-order valence-corrected chi connectivity index (χ0v) is 10.7. The van der Waals surface area contributed by atoms with Crippen molar-refractivity contribution in [2.45, 2.75) is 0 Å². The van der Waals surface area contributed by atoms with Gasteiger partial charge in [0.2, 0.25) is 0 Å². The first-order valence-corrected chi connectivity index (χ1v) is 4.24. The van der Waals surface area contributed by atoms with Crippen molar-refractivity contribution in [3.8, 4) is 0 Å². The summed E-state index contributed by atoms with van der Waals surface area (Å²) in [6, 6.07) is 12.0. The lowest BCUT2D eigenvalue weighted by Crippen LogP contribution is -1.47. The first kappa shape index (κ1) is 29.4. The minimum Gasteiger partial charge on any atom is -0.400 e. The van der Waals surface area contributed by atoms with Crippen molar-refractivity contribution in [3.63, 3.8) is 0 Å². The van der Waals surface area contributed by atoms with E-state index in [1.165, 1.54) is 0 Å². The molecule has 1 rings (SSSR count). The molecule has 0 saturated carbocycles. The number of hydrogen-bond donors (Lipinski definition) is 5. The smallest absolute Gasteiger partial charge is 0.0319 e. The van der Waals surface area contributed by atoms with Crippen LogP contribution in [0.25, 0.3) is 0 Å². The van der Waals surface area contributed by atoms with Crippen LogP contribution in [0, 0.1) is 0 Å². The van der Waals surface area contributed by atoms with Crippen LogP contribution in [0.1, 0.15) is 0 Å². The zero-order valence-electron chi connectivity index (χ0n) is 10.7. The SMILES string of the molecule is CO.CO.CO.CO.CO.c1ccccc1. The average molecular weight is 238 g/mol. The van der Waals surface area contributed by atoms with Gasteiger partial charge in [-0.25, -0.2) is 0 Å². The van der Waals surface area contributed by atoms with Gasteiger partial charge in [0.25, 0.3) is 0 Å². The normalized spacial score (nSPS) is 4.88. The van der Waals surface area contributed by atoms with Crippen LogP contribution < -0.4 is 0 Å². The van der Waals surface area contributed by atoms with E-state index in [4.69, 9.17) is 25.5 Å². The second-order valence-electron chi connectivity index (χ2n) is 1.15. The van der Waals surface area contributed by atoms with E-state index in [0.717, 1.165) is 35.5 Å². The highest BCUT2D eigenvalue weighted by atomic mass is 16.2. The summed E-state index contributed by atoms with van der Waals surface area (Å²) >= 11 is 0. The second-order valence-corrected chi connectivity index (χ2v) is 1.15. The van der Waals surface area contributed by atoms with Gasteiger partial charge in [0.1, 0.15) is 0 Å². The van der Waals surface area contributed by atoms with Gasteiger partial charge in [-0.2, -0.15) is 0 Å². The molecule has 16 heavy (non-hydrogen) atoms. The highest BCUT2D eigenvalue weighted by Gasteiger charge is 1.57. The third-order valence-electron chi connectivity index (χ3n) is 0.667. The van der Waals surface area contributed by atoms with Gasteiger partial charge in [-0.1, -0.05) is 36.4 Å². The predicted molar refractivity (Wildman–Crippen MR) is 67.2 cm³/mol. The Morgan fingerprint density at radius 3 is 0.438 bits per heavy atom. The summed E-state index contributed by atoms with van der Waals surface area (Å²) < 4.78 is 0. The molecule has 0 aliphatic rings. The van der Waals surface area contributed by atoms with Crippen LogP contribution in [-0.2, 0) is 0 Å². The molecule has 5 nitrogen and oxygen atoms in total. The fraction of sp³-hybridized carbons (Fsp3) is 0.455. The Balaban J connectivity index is -0.0000000351. The number of aliphatic hydroxyl groups is 5. The third-order valence-corrected chi connectivity index (χ3v) is 0.667. The first-order valence-electron chi connectivity index (χ1n) is 4.24. The fourth-order valence-corrected chi connectivity index (χ4v) is 0.385. The van der Waals surface area contributed by atoms with Gasteiger partial charge in [-0.15, -0.1) is 0 Å². The van der Waals surface area contributed by atoms with Crippen LogP contribution in [0.3, 0.4) is 0 Å². The number of hydrogen-bond acceptors (Lipinski definition) is 5. The molecule has 0 bridgehead atoms. The van der Waals surface area contributed by atoms with Gasteiger partial charge in [0, 0.05) is 35.5 Å². The molecule has 1 aromatic carbocycles. The molecule has 0 aliphatic heterocycles. The Labute approximate surface area is 98.3 Å². The van der Waals surface area contributed by atoms with Crippen molar-refractivity contribution in [2.24, 2.45) is 0 Å². The van der Waals surface area contributed by atoms with E-state index in [2.05, 4.69) is 0 Å². The fourth-order valence-electron chi connectivity index (χ4n) is 0.385. The Bertz CT molecular complexity index is 86.3. The van der Waals surface area contributed by atoms with E-state index >= 15 is 0 Å². The van der Waals surface area contributed by atoms with Crippen LogP contribution in [0.2, 0.25) is 0 Å². The molecule has 1 aromatic rings. The molecule has 0 saturated heterocycles.